The van der Waals surface area contributed by atoms with Crippen LogP contribution in [0.1, 0.15) is 55.5 Å². The molecule has 1 heterocycles. The molecule has 0 aliphatic heterocycles. The van der Waals surface area contributed by atoms with Crippen LogP contribution in [0.2, 0.25) is 18.1 Å². The third-order valence-corrected chi connectivity index (χ3v) is 15.3. The predicted molar refractivity (Wildman–Crippen MR) is 242 cm³/mol. The van der Waals surface area contributed by atoms with Crippen LogP contribution in [0.5, 0.6) is 11.5 Å². The van der Waals surface area contributed by atoms with Crippen molar-refractivity contribution >= 4 is 37.1 Å². The van der Waals surface area contributed by atoms with Crippen LogP contribution in [-0.4, -0.2) is 44.2 Å². The van der Waals surface area contributed by atoms with Gasteiger partial charge >= 0.3 is 6.09 Å². The molecular formula is C49H55N3O6Si. The molecule has 5 aromatic carbocycles. The summed E-state index contributed by atoms with van der Waals surface area (Å²) >= 11 is 0. The third kappa shape index (κ3) is 11.8. The fourth-order valence-corrected chi connectivity index (χ4v) is 7.84. The predicted octanol–water partition coefficient (Wildman–Crippen LogP) is 11.2. The van der Waals surface area contributed by atoms with E-state index in [4.69, 9.17) is 13.9 Å². The number of nitrogens with one attached hydrogen (secondary N) is 3. The molecule has 0 bridgehead atoms. The molecular weight excluding hydrogens is 755 g/mol. The molecule has 0 radical (unpaired) electrons. The second-order valence-corrected chi connectivity index (χ2v) is 20.9. The number of pyridine rings is 1. The number of H-pyrrole nitrogens is 1. The molecule has 0 saturated carbocycles. The minimum atomic E-state index is -2.19. The Morgan fingerprint density at radius 2 is 1.58 bits per heavy atom. The van der Waals surface area contributed by atoms with Crippen molar-refractivity contribution in [2.24, 2.45) is 0 Å². The van der Waals surface area contributed by atoms with Crippen molar-refractivity contribution in [3.05, 3.63) is 166 Å². The van der Waals surface area contributed by atoms with Crippen molar-refractivity contribution in [3.63, 3.8) is 0 Å². The summed E-state index contributed by atoms with van der Waals surface area (Å²) in [7, 11) is -2.19. The maximum Gasteiger partial charge on any atom is 0.409 e. The summed E-state index contributed by atoms with van der Waals surface area (Å²) in [5, 5.41) is 16.4. The Hall–Kier alpha value is -5.94. The number of amides is 1. The first-order valence-electron chi connectivity index (χ1n) is 20.2. The Bertz CT molecular complexity index is 2390. The van der Waals surface area contributed by atoms with Crippen LogP contribution < -0.4 is 25.7 Å². The first-order chi connectivity index (χ1) is 28.4. The minimum absolute atomic E-state index is 0.00961. The minimum Gasteiger partial charge on any atom is -0.493 e. The van der Waals surface area contributed by atoms with Gasteiger partial charge in [-0.25, -0.2) is 4.79 Å². The number of carboxylic acid groups (broad SMARTS) is 1. The zero-order valence-electron chi connectivity index (χ0n) is 34.6. The second kappa shape index (κ2) is 19.7. The molecule has 0 saturated heterocycles. The van der Waals surface area contributed by atoms with Gasteiger partial charge in [-0.2, -0.15) is 0 Å². The second-order valence-electron chi connectivity index (χ2n) is 16.1. The maximum atomic E-state index is 12.6. The van der Waals surface area contributed by atoms with E-state index >= 15 is 0 Å². The highest BCUT2D eigenvalue weighted by atomic mass is 28.4. The van der Waals surface area contributed by atoms with Gasteiger partial charge < -0.3 is 29.3 Å². The smallest absolute Gasteiger partial charge is 0.409 e. The van der Waals surface area contributed by atoms with E-state index in [1.54, 1.807) is 12.1 Å². The average molecular weight is 810 g/mol. The highest BCUT2D eigenvalue weighted by molar-refractivity contribution is 6.74. The van der Waals surface area contributed by atoms with Crippen LogP contribution in [0.25, 0.3) is 28.1 Å². The number of benzene rings is 5. The SMILES string of the molecule is CC(C)(C)[Si](C)(C)O[C@@H](CNCCc1ccc(OCCC=Cc2ccc(NC(=O)O)c(-c3ccccc3)c2)cc1)c1ccc(OCc2ccccc2)c2[nH]c(=O)ccc12. The average Bonchev–Trinajstić information content (AvgIpc) is 3.22. The summed E-state index contributed by atoms with van der Waals surface area (Å²) in [5.74, 6) is 1.44. The van der Waals surface area contributed by atoms with E-state index in [2.05, 4.69) is 73.8 Å². The molecule has 1 amide bonds. The lowest BCUT2D eigenvalue weighted by Crippen LogP contribution is -2.43. The number of aromatic nitrogens is 1. The Kier molecular flexibility index (Phi) is 14.2. The Labute approximate surface area is 348 Å². The number of fused-ring (bicyclic) bond motifs is 1. The first kappa shape index (κ1) is 42.7. The van der Waals surface area contributed by atoms with Crippen LogP contribution in [0, 0.1) is 0 Å². The van der Waals surface area contributed by atoms with E-state index in [-0.39, 0.29) is 16.7 Å². The summed E-state index contributed by atoms with van der Waals surface area (Å²) < 4.78 is 19.4. The molecule has 0 fully saturated rings. The van der Waals surface area contributed by atoms with Gasteiger partial charge in [0.15, 0.2) is 8.32 Å². The van der Waals surface area contributed by atoms with Crippen molar-refractivity contribution in [2.75, 3.05) is 25.0 Å². The molecule has 4 N–H and O–H groups in total. The molecule has 1 atom stereocenters. The van der Waals surface area contributed by atoms with Crippen LogP contribution in [0.4, 0.5) is 10.5 Å². The van der Waals surface area contributed by atoms with Crippen molar-refractivity contribution < 1.29 is 23.8 Å². The summed E-state index contributed by atoms with van der Waals surface area (Å²) in [6.45, 7) is 13.6. The largest absolute Gasteiger partial charge is 0.493 e. The van der Waals surface area contributed by atoms with Gasteiger partial charge in [0, 0.05) is 23.6 Å². The molecule has 9 nitrogen and oxygen atoms in total. The van der Waals surface area contributed by atoms with Crippen LogP contribution >= 0.6 is 0 Å². The van der Waals surface area contributed by atoms with Gasteiger partial charge in [-0.05, 0) is 102 Å². The lowest BCUT2D eigenvalue weighted by molar-refractivity contribution is 0.182. The number of ether oxygens (including phenoxy) is 2. The molecule has 6 aromatic rings. The van der Waals surface area contributed by atoms with E-state index in [9.17, 15) is 14.7 Å². The van der Waals surface area contributed by atoms with Crippen LogP contribution in [0.3, 0.4) is 0 Å². The number of hydrogen-bond acceptors (Lipinski definition) is 6. The fraction of sp³-hybridized carbons (Fsp3) is 0.265. The molecule has 0 aliphatic rings. The van der Waals surface area contributed by atoms with Gasteiger partial charge in [-0.1, -0.05) is 118 Å². The molecule has 1 aromatic heterocycles. The van der Waals surface area contributed by atoms with E-state index in [1.165, 1.54) is 5.56 Å². The van der Waals surface area contributed by atoms with Gasteiger partial charge in [0.25, 0.3) is 0 Å². The Morgan fingerprint density at radius 3 is 2.29 bits per heavy atom. The van der Waals surface area contributed by atoms with Gasteiger partial charge in [0.1, 0.15) is 18.1 Å². The highest BCUT2D eigenvalue weighted by Gasteiger charge is 2.39. The molecule has 0 aliphatic carbocycles. The number of hydrogen-bond donors (Lipinski definition) is 4. The zero-order chi connectivity index (χ0) is 41.8. The molecule has 10 heteroatoms. The van der Waals surface area contributed by atoms with E-state index in [1.807, 2.05) is 103 Å². The molecule has 59 heavy (non-hydrogen) atoms. The highest BCUT2D eigenvalue weighted by Crippen LogP contribution is 2.41. The van der Waals surface area contributed by atoms with Crippen LogP contribution in [0.15, 0.2) is 138 Å². The lowest BCUT2D eigenvalue weighted by atomic mass is 10.0. The fourth-order valence-electron chi connectivity index (χ4n) is 6.56. The maximum absolute atomic E-state index is 12.6. The number of aromatic amines is 1. The molecule has 0 spiro atoms. The van der Waals surface area contributed by atoms with E-state index in [0.29, 0.717) is 43.1 Å². The summed E-state index contributed by atoms with van der Waals surface area (Å²) in [5.41, 5.74) is 7.04. The van der Waals surface area contributed by atoms with Gasteiger partial charge in [0.05, 0.1) is 23.9 Å². The Morgan fingerprint density at radius 1 is 0.847 bits per heavy atom. The normalized spacial score (nSPS) is 12.4. The van der Waals surface area contributed by atoms with E-state index < -0.39 is 14.4 Å². The topological polar surface area (TPSA) is 122 Å². The Balaban J connectivity index is 1.04. The van der Waals surface area contributed by atoms with Crippen molar-refractivity contribution in [3.8, 4) is 22.6 Å². The van der Waals surface area contributed by atoms with E-state index in [0.717, 1.165) is 51.9 Å². The van der Waals surface area contributed by atoms with Crippen LogP contribution in [-0.2, 0) is 17.5 Å². The zero-order valence-corrected chi connectivity index (χ0v) is 35.6. The molecule has 0 unspecified atom stereocenters. The van der Waals surface area contributed by atoms with Gasteiger partial charge in [0.2, 0.25) is 5.56 Å². The number of carbonyl (C=O) groups is 1. The molecule has 306 valence electrons. The number of anilines is 1. The van der Waals surface area contributed by atoms with Gasteiger partial charge in [-0.3, -0.25) is 10.1 Å². The standard InChI is InChI=1S/C49H55N3O6Si/c1-49(2,3)59(4,5)58-45(40-24-27-44(47-41(40)25-28-46(53)52-47)57-34-37-15-8-6-9-16-37)33-50-30-29-35-19-22-39(23-20-35)56-31-13-12-14-36-21-26-43(51-48(54)55)42(32-36)38-17-10-7-11-18-38/h6-12,14-28,32,45,50-51H,13,29-31,33-34H2,1-5H3,(H,52,53)(H,54,55)/t45-/m0/s1. The monoisotopic (exact) mass is 809 g/mol. The van der Waals surface area contributed by atoms with Gasteiger partial charge in [-0.15, -0.1) is 0 Å². The number of rotatable bonds is 18. The summed E-state index contributed by atoms with van der Waals surface area (Å²) in [4.78, 5) is 26.9. The lowest BCUT2D eigenvalue weighted by Gasteiger charge is -2.39. The first-order valence-corrected chi connectivity index (χ1v) is 23.1. The summed E-state index contributed by atoms with van der Waals surface area (Å²) in [6, 6.07) is 41.1. The van der Waals surface area contributed by atoms with Crippen molar-refractivity contribution in [2.45, 2.75) is 64.5 Å². The quantitative estimate of drug-likeness (QED) is 0.0504. The van der Waals surface area contributed by atoms with Crippen molar-refractivity contribution in [1.82, 2.24) is 10.3 Å². The van der Waals surface area contributed by atoms with Crippen molar-refractivity contribution in [1.29, 1.82) is 0 Å². The molecule has 6 rings (SSSR count). The third-order valence-electron chi connectivity index (χ3n) is 10.8. The summed E-state index contributed by atoms with van der Waals surface area (Å²) in [6.07, 6.45) is 4.31.